The summed E-state index contributed by atoms with van der Waals surface area (Å²) in [6, 6.07) is 13.2. The van der Waals surface area contributed by atoms with Gasteiger partial charge in [0.2, 0.25) is 0 Å². The number of rotatable bonds is 4. The fourth-order valence-electron chi connectivity index (χ4n) is 2.35. The van der Waals surface area contributed by atoms with Crippen LogP contribution in [0.2, 0.25) is 0 Å². The number of methoxy groups -OCH3 is 1. The minimum Gasteiger partial charge on any atom is -0.496 e. The van der Waals surface area contributed by atoms with Crippen molar-refractivity contribution in [2.45, 2.75) is 20.8 Å². The number of nitriles is 1. The van der Waals surface area contributed by atoms with Gasteiger partial charge in [-0.25, -0.2) is 0 Å². The number of aryl methyl sites for hydroxylation is 2. The lowest BCUT2D eigenvalue weighted by Crippen LogP contribution is -2.14. The Hall–Kier alpha value is -3.06. The standard InChI is InChI=1S/C20H20N2O2/c1-13-8-9-19(24-4)16(10-13)11-17(12-21)20(23)22-18-7-5-6-14(2)15(18)3/h5-11H,1-4H3,(H,22,23)/b17-11+. The lowest BCUT2D eigenvalue weighted by molar-refractivity contribution is -0.112. The molecule has 4 heteroatoms. The minimum absolute atomic E-state index is 0.0276. The predicted octanol–water partition coefficient (Wildman–Crippen LogP) is 4.17. The molecule has 0 saturated carbocycles. The molecule has 0 aliphatic carbocycles. The Morgan fingerprint density at radius 3 is 2.62 bits per heavy atom. The molecule has 0 spiro atoms. The summed E-state index contributed by atoms with van der Waals surface area (Å²) in [7, 11) is 1.56. The van der Waals surface area contributed by atoms with Crippen LogP contribution in [0.1, 0.15) is 22.3 Å². The van der Waals surface area contributed by atoms with Crippen molar-refractivity contribution in [3.05, 3.63) is 64.2 Å². The van der Waals surface area contributed by atoms with Gasteiger partial charge >= 0.3 is 0 Å². The largest absolute Gasteiger partial charge is 0.496 e. The molecule has 0 bridgehead atoms. The van der Waals surface area contributed by atoms with Crippen molar-refractivity contribution >= 4 is 17.7 Å². The van der Waals surface area contributed by atoms with Crippen LogP contribution in [0.15, 0.2) is 42.0 Å². The number of carbonyl (C=O) groups is 1. The molecule has 0 atom stereocenters. The van der Waals surface area contributed by atoms with E-state index in [-0.39, 0.29) is 5.57 Å². The van der Waals surface area contributed by atoms with Gasteiger partial charge in [0.05, 0.1) is 7.11 Å². The number of ether oxygens (including phenoxy) is 1. The van der Waals surface area contributed by atoms with Crippen LogP contribution in [0.25, 0.3) is 6.08 Å². The van der Waals surface area contributed by atoms with E-state index in [9.17, 15) is 10.1 Å². The molecule has 2 aromatic carbocycles. The second-order valence-electron chi connectivity index (χ2n) is 5.62. The fourth-order valence-corrected chi connectivity index (χ4v) is 2.35. The second-order valence-corrected chi connectivity index (χ2v) is 5.62. The van der Waals surface area contributed by atoms with E-state index in [0.717, 1.165) is 16.7 Å². The van der Waals surface area contributed by atoms with E-state index in [1.807, 2.05) is 63.2 Å². The molecular weight excluding hydrogens is 300 g/mol. The molecule has 2 aromatic rings. The molecule has 0 aromatic heterocycles. The van der Waals surface area contributed by atoms with Crippen LogP contribution in [0.5, 0.6) is 5.75 Å². The molecule has 0 fully saturated rings. The quantitative estimate of drug-likeness (QED) is 0.679. The topological polar surface area (TPSA) is 62.1 Å². The zero-order valence-corrected chi connectivity index (χ0v) is 14.3. The Bertz CT molecular complexity index is 845. The number of carbonyl (C=O) groups excluding carboxylic acids is 1. The third kappa shape index (κ3) is 3.82. The Morgan fingerprint density at radius 2 is 1.96 bits per heavy atom. The summed E-state index contributed by atoms with van der Waals surface area (Å²) in [5.74, 6) is 0.183. The summed E-state index contributed by atoms with van der Waals surface area (Å²) in [5, 5.41) is 12.2. The maximum atomic E-state index is 12.5. The lowest BCUT2D eigenvalue weighted by Gasteiger charge is -2.10. The summed E-state index contributed by atoms with van der Waals surface area (Å²) in [6.45, 7) is 5.85. The highest BCUT2D eigenvalue weighted by molar-refractivity contribution is 6.10. The molecule has 2 rings (SSSR count). The average molecular weight is 320 g/mol. The van der Waals surface area contributed by atoms with Gasteiger partial charge in [0.1, 0.15) is 17.4 Å². The number of nitrogens with zero attached hydrogens (tertiary/aromatic N) is 1. The van der Waals surface area contributed by atoms with E-state index in [0.29, 0.717) is 17.0 Å². The van der Waals surface area contributed by atoms with Gasteiger partial charge in [0.15, 0.2) is 0 Å². The SMILES string of the molecule is COc1ccc(C)cc1/C=C(\C#N)C(=O)Nc1cccc(C)c1C. The predicted molar refractivity (Wildman–Crippen MR) is 95.9 cm³/mol. The number of anilines is 1. The minimum atomic E-state index is -0.435. The summed E-state index contributed by atoms with van der Waals surface area (Å²) in [4.78, 5) is 12.5. The van der Waals surface area contributed by atoms with Crippen LogP contribution in [-0.2, 0) is 4.79 Å². The highest BCUT2D eigenvalue weighted by Crippen LogP contribution is 2.23. The van der Waals surface area contributed by atoms with Gasteiger partial charge in [-0.3, -0.25) is 4.79 Å². The average Bonchev–Trinajstić information content (AvgIpc) is 2.56. The third-order valence-corrected chi connectivity index (χ3v) is 3.90. The highest BCUT2D eigenvalue weighted by Gasteiger charge is 2.13. The van der Waals surface area contributed by atoms with Gasteiger partial charge in [-0.1, -0.05) is 23.8 Å². The van der Waals surface area contributed by atoms with Crippen molar-refractivity contribution in [3.63, 3.8) is 0 Å². The number of nitrogens with one attached hydrogen (secondary N) is 1. The Balaban J connectivity index is 2.35. The first-order chi connectivity index (χ1) is 11.5. The van der Waals surface area contributed by atoms with E-state index < -0.39 is 5.91 Å². The number of benzene rings is 2. The number of amides is 1. The first-order valence-corrected chi connectivity index (χ1v) is 7.60. The number of hydrogen-bond donors (Lipinski definition) is 1. The normalized spacial score (nSPS) is 10.9. The van der Waals surface area contributed by atoms with Crippen LogP contribution in [-0.4, -0.2) is 13.0 Å². The first-order valence-electron chi connectivity index (χ1n) is 7.60. The summed E-state index contributed by atoms with van der Waals surface area (Å²) < 4.78 is 5.29. The van der Waals surface area contributed by atoms with Crippen molar-refractivity contribution in [1.82, 2.24) is 0 Å². The maximum absolute atomic E-state index is 12.5. The Kier molecular flexibility index (Phi) is 5.39. The van der Waals surface area contributed by atoms with E-state index in [1.54, 1.807) is 13.2 Å². The molecule has 0 saturated heterocycles. The molecule has 0 radical (unpaired) electrons. The van der Waals surface area contributed by atoms with Crippen molar-refractivity contribution in [2.24, 2.45) is 0 Å². The first kappa shape index (κ1) is 17.3. The Morgan fingerprint density at radius 1 is 1.21 bits per heavy atom. The van der Waals surface area contributed by atoms with E-state index in [2.05, 4.69) is 5.32 Å². The van der Waals surface area contributed by atoms with Gasteiger partial charge in [0, 0.05) is 11.3 Å². The van der Waals surface area contributed by atoms with Crippen LogP contribution in [0.4, 0.5) is 5.69 Å². The Labute approximate surface area is 142 Å². The van der Waals surface area contributed by atoms with Crippen molar-refractivity contribution in [3.8, 4) is 11.8 Å². The smallest absolute Gasteiger partial charge is 0.266 e. The van der Waals surface area contributed by atoms with Crippen molar-refractivity contribution in [1.29, 1.82) is 5.26 Å². The third-order valence-electron chi connectivity index (χ3n) is 3.90. The van der Waals surface area contributed by atoms with Crippen molar-refractivity contribution < 1.29 is 9.53 Å². The number of hydrogen-bond acceptors (Lipinski definition) is 3. The van der Waals surface area contributed by atoms with Gasteiger partial charge in [-0.2, -0.15) is 5.26 Å². The lowest BCUT2D eigenvalue weighted by atomic mass is 10.1. The van der Waals surface area contributed by atoms with E-state index in [1.165, 1.54) is 0 Å². The van der Waals surface area contributed by atoms with Crippen molar-refractivity contribution in [2.75, 3.05) is 12.4 Å². The fraction of sp³-hybridized carbons (Fsp3) is 0.200. The molecule has 1 N–H and O–H groups in total. The molecule has 122 valence electrons. The van der Waals surface area contributed by atoms with Crippen LogP contribution in [0, 0.1) is 32.1 Å². The highest BCUT2D eigenvalue weighted by atomic mass is 16.5. The van der Waals surface area contributed by atoms with Gasteiger partial charge < -0.3 is 10.1 Å². The van der Waals surface area contributed by atoms with Gasteiger partial charge in [0.25, 0.3) is 5.91 Å². The second kappa shape index (κ2) is 7.47. The van der Waals surface area contributed by atoms with Gasteiger partial charge in [-0.05, 0) is 56.2 Å². The molecule has 0 unspecified atom stereocenters. The maximum Gasteiger partial charge on any atom is 0.266 e. The van der Waals surface area contributed by atoms with Crippen LogP contribution in [0.3, 0.4) is 0 Å². The van der Waals surface area contributed by atoms with E-state index in [4.69, 9.17) is 4.74 Å². The molecule has 0 aliphatic heterocycles. The monoisotopic (exact) mass is 320 g/mol. The van der Waals surface area contributed by atoms with Crippen LogP contribution >= 0.6 is 0 Å². The van der Waals surface area contributed by atoms with E-state index >= 15 is 0 Å². The molecular formula is C20H20N2O2. The summed E-state index contributed by atoms with van der Waals surface area (Å²) in [6.07, 6.45) is 1.55. The summed E-state index contributed by atoms with van der Waals surface area (Å²) in [5.41, 5.74) is 4.52. The molecule has 0 heterocycles. The summed E-state index contributed by atoms with van der Waals surface area (Å²) >= 11 is 0. The molecule has 4 nitrogen and oxygen atoms in total. The molecule has 1 amide bonds. The zero-order valence-electron chi connectivity index (χ0n) is 14.3. The van der Waals surface area contributed by atoms with Crippen LogP contribution < -0.4 is 10.1 Å². The zero-order chi connectivity index (χ0) is 17.7. The van der Waals surface area contributed by atoms with Gasteiger partial charge in [-0.15, -0.1) is 0 Å². The molecule has 0 aliphatic rings. The molecule has 24 heavy (non-hydrogen) atoms.